The summed E-state index contributed by atoms with van der Waals surface area (Å²) < 4.78 is 5.17. The van der Waals surface area contributed by atoms with Crippen molar-refractivity contribution in [2.75, 3.05) is 21.2 Å². The third-order valence-corrected chi connectivity index (χ3v) is 3.70. The average molecular weight is 302 g/mol. The van der Waals surface area contributed by atoms with E-state index in [1.807, 2.05) is 25.1 Å². The number of ether oxygens (including phenoxy) is 1. The second-order valence-electron chi connectivity index (χ2n) is 6.04. The SMILES string of the molecule is COc1ccc(CCc2[nH+]c(C)cc(C[NH+](C)C)c2O)cc1. The van der Waals surface area contributed by atoms with Gasteiger partial charge in [0, 0.05) is 19.4 Å². The van der Waals surface area contributed by atoms with Gasteiger partial charge in [-0.3, -0.25) is 0 Å². The molecule has 118 valence electrons. The second kappa shape index (κ2) is 7.27. The minimum atomic E-state index is 0.403. The number of methoxy groups -OCH3 is 1. The molecule has 3 N–H and O–H groups in total. The van der Waals surface area contributed by atoms with E-state index in [9.17, 15) is 5.11 Å². The minimum absolute atomic E-state index is 0.403. The van der Waals surface area contributed by atoms with Crippen molar-refractivity contribution in [3.8, 4) is 11.5 Å². The van der Waals surface area contributed by atoms with Crippen LogP contribution in [0.2, 0.25) is 0 Å². The maximum absolute atomic E-state index is 10.5. The Kier molecular flexibility index (Phi) is 5.39. The normalized spacial score (nSPS) is 11.0. The highest BCUT2D eigenvalue weighted by Gasteiger charge is 2.17. The standard InChI is InChI=1S/C18H24N2O2/c1-13-11-15(12-20(2)3)18(21)17(19-13)10-7-14-5-8-16(22-4)9-6-14/h5-6,8-9,11,21H,7,10,12H2,1-4H3/p+2. The summed E-state index contributed by atoms with van der Waals surface area (Å²) in [6.07, 6.45) is 1.67. The van der Waals surface area contributed by atoms with Gasteiger partial charge in [0.25, 0.3) is 0 Å². The largest absolute Gasteiger partial charge is 0.502 e. The van der Waals surface area contributed by atoms with Gasteiger partial charge in [0.1, 0.15) is 12.3 Å². The fraction of sp³-hybridized carbons (Fsp3) is 0.389. The molecular weight excluding hydrogens is 276 g/mol. The summed E-state index contributed by atoms with van der Waals surface area (Å²) in [5.41, 5.74) is 4.22. The van der Waals surface area contributed by atoms with Crippen molar-refractivity contribution < 1.29 is 19.7 Å². The Morgan fingerprint density at radius 1 is 1.14 bits per heavy atom. The molecule has 22 heavy (non-hydrogen) atoms. The summed E-state index contributed by atoms with van der Waals surface area (Å²) in [5.74, 6) is 1.27. The summed E-state index contributed by atoms with van der Waals surface area (Å²) in [4.78, 5) is 4.59. The number of aryl methyl sites for hydroxylation is 3. The molecule has 0 unspecified atom stereocenters. The molecular formula is C18H26N2O2+2. The molecule has 1 heterocycles. The van der Waals surface area contributed by atoms with E-state index >= 15 is 0 Å². The van der Waals surface area contributed by atoms with E-state index in [2.05, 4.69) is 31.2 Å². The first-order chi connectivity index (χ1) is 10.5. The molecule has 2 rings (SSSR count). The smallest absolute Gasteiger partial charge is 0.222 e. The maximum Gasteiger partial charge on any atom is 0.222 e. The number of H-pyrrole nitrogens is 1. The monoisotopic (exact) mass is 302 g/mol. The van der Waals surface area contributed by atoms with Crippen molar-refractivity contribution in [3.63, 3.8) is 0 Å². The molecule has 0 saturated heterocycles. The zero-order valence-electron chi connectivity index (χ0n) is 13.9. The third kappa shape index (κ3) is 4.21. The number of aromatic hydroxyl groups is 1. The van der Waals surface area contributed by atoms with Crippen molar-refractivity contribution in [2.24, 2.45) is 0 Å². The number of rotatable bonds is 6. The van der Waals surface area contributed by atoms with E-state index in [0.717, 1.165) is 42.1 Å². The lowest BCUT2D eigenvalue weighted by molar-refractivity contribution is -0.872. The number of quaternary nitrogens is 1. The topological polar surface area (TPSA) is 48.0 Å². The number of benzene rings is 1. The molecule has 4 heteroatoms. The molecule has 1 aromatic carbocycles. The molecule has 2 aromatic rings. The van der Waals surface area contributed by atoms with Gasteiger partial charge in [0.15, 0.2) is 11.4 Å². The van der Waals surface area contributed by atoms with E-state index in [1.165, 1.54) is 10.5 Å². The van der Waals surface area contributed by atoms with E-state index in [0.29, 0.717) is 5.75 Å². The van der Waals surface area contributed by atoms with Crippen LogP contribution in [0.15, 0.2) is 30.3 Å². The molecule has 0 bridgehead atoms. The van der Waals surface area contributed by atoms with E-state index in [4.69, 9.17) is 4.74 Å². The summed E-state index contributed by atoms with van der Waals surface area (Å²) in [7, 11) is 5.84. The van der Waals surface area contributed by atoms with Crippen LogP contribution in [0.5, 0.6) is 11.5 Å². The van der Waals surface area contributed by atoms with Gasteiger partial charge in [0.05, 0.1) is 26.8 Å². The first-order valence-corrected chi connectivity index (χ1v) is 7.65. The molecule has 0 spiro atoms. The van der Waals surface area contributed by atoms with Crippen LogP contribution >= 0.6 is 0 Å². The van der Waals surface area contributed by atoms with Crippen LogP contribution in [0.3, 0.4) is 0 Å². The molecule has 0 fully saturated rings. The fourth-order valence-electron chi connectivity index (χ4n) is 2.61. The van der Waals surface area contributed by atoms with Gasteiger partial charge in [-0.05, 0) is 24.1 Å². The maximum atomic E-state index is 10.5. The quantitative estimate of drug-likeness (QED) is 0.835. The number of pyridine rings is 1. The fourth-order valence-corrected chi connectivity index (χ4v) is 2.61. The Hall–Kier alpha value is -2.07. The van der Waals surface area contributed by atoms with Gasteiger partial charge in [0.2, 0.25) is 5.69 Å². The van der Waals surface area contributed by atoms with Crippen LogP contribution in [-0.2, 0) is 19.4 Å². The Balaban J connectivity index is 2.12. The zero-order valence-corrected chi connectivity index (χ0v) is 13.9. The summed E-state index contributed by atoms with van der Waals surface area (Å²) in [6, 6.07) is 10.1. The molecule has 0 aliphatic rings. The molecule has 0 amide bonds. The number of hydrogen-bond acceptors (Lipinski definition) is 2. The second-order valence-corrected chi connectivity index (χ2v) is 6.04. The number of nitrogens with one attached hydrogen (secondary N) is 2. The van der Waals surface area contributed by atoms with Crippen molar-refractivity contribution >= 4 is 0 Å². The lowest BCUT2D eigenvalue weighted by Gasteiger charge is -2.10. The van der Waals surface area contributed by atoms with Crippen molar-refractivity contribution in [1.29, 1.82) is 0 Å². The Morgan fingerprint density at radius 3 is 2.41 bits per heavy atom. The molecule has 0 saturated carbocycles. The van der Waals surface area contributed by atoms with Crippen LogP contribution in [0.1, 0.15) is 22.5 Å². The first-order valence-electron chi connectivity index (χ1n) is 7.65. The highest BCUT2D eigenvalue weighted by atomic mass is 16.5. The van der Waals surface area contributed by atoms with Crippen LogP contribution in [0.25, 0.3) is 0 Å². The van der Waals surface area contributed by atoms with Crippen LogP contribution < -0.4 is 14.6 Å². The molecule has 0 aliphatic heterocycles. The number of aromatic nitrogens is 1. The van der Waals surface area contributed by atoms with Gasteiger partial charge in [-0.2, -0.15) is 0 Å². The summed E-state index contributed by atoms with van der Waals surface area (Å²) in [6.45, 7) is 2.85. The Labute approximate surface area is 132 Å². The highest BCUT2D eigenvalue weighted by Crippen LogP contribution is 2.21. The summed E-state index contributed by atoms with van der Waals surface area (Å²) in [5, 5.41) is 10.5. The molecule has 1 aromatic heterocycles. The average Bonchev–Trinajstić information content (AvgIpc) is 2.49. The highest BCUT2D eigenvalue weighted by molar-refractivity contribution is 5.34. The predicted molar refractivity (Wildman–Crippen MR) is 86.3 cm³/mol. The van der Waals surface area contributed by atoms with Gasteiger partial charge < -0.3 is 14.7 Å². The predicted octanol–water partition coefficient (Wildman–Crippen LogP) is 0.953. The van der Waals surface area contributed by atoms with Gasteiger partial charge >= 0.3 is 0 Å². The molecule has 0 radical (unpaired) electrons. The van der Waals surface area contributed by atoms with Gasteiger partial charge in [-0.1, -0.05) is 12.1 Å². The van der Waals surface area contributed by atoms with Gasteiger partial charge in [-0.15, -0.1) is 0 Å². The Bertz CT molecular complexity index is 622. The van der Waals surface area contributed by atoms with Crippen molar-refractivity contribution in [3.05, 3.63) is 52.8 Å². The number of hydrogen-bond donors (Lipinski definition) is 2. The zero-order chi connectivity index (χ0) is 16.1. The van der Waals surface area contributed by atoms with E-state index in [1.54, 1.807) is 7.11 Å². The third-order valence-electron chi connectivity index (χ3n) is 3.70. The van der Waals surface area contributed by atoms with Crippen LogP contribution in [0, 0.1) is 6.92 Å². The minimum Gasteiger partial charge on any atom is -0.502 e. The van der Waals surface area contributed by atoms with Crippen LogP contribution in [0.4, 0.5) is 0 Å². The van der Waals surface area contributed by atoms with Gasteiger partial charge in [-0.25, -0.2) is 4.98 Å². The van der Waals surface area contributed by atoms with Crippen molar-refractivity contribution in [2.45, 2.75) is 26.3 Å². The Morgan fingerprint density at radius 2 is 1.82 bits per heavy atom. The lowest BCUT2D eigenvalue weighted by atomic mass is 10.0. The lowest BCUT2D eigenvalue weighted by Crippen LogP contribution is -3.04. The van der Waals surface area contributed by atoms with E-state index < -0.39 is 0 Å². The first kappa shape index (κ1) is 16.3. The molecule has 4 nitrogen and oxygen atoms in total. The van der Waals surface area contributed by atoms with Crippen molar-refractivity contribution in [1.82, 2.24) is 0 Å². The van der Waals surface area contributed by atoms with E-state index in [-0.39, 0.29) is 0 Å². The van der Waals surface area contributed by atoms with Crippen LogP contribution in [-0.4, -0.2) is 26.3 Å². The molecule has 0 aliphatic carbocycles. The summed E-state index contributed by atoms with van der Waals surface area (Å²) >= 11 is 0. The number of aromatic amines is 1. The molecule has 0 atom stereocenters.